The van der Waals surface area contributed by atoms with Gasteiger partial charge in [0.15, 0.2) is 18.1 Å². The molecule has 0 bridgehead atoms. The van der Waals surface area contributed by atoms with Gasteiger partial charge in [-0.3, -0.25) is 4.79 Å². The minimum Gasteiger partial charge on any atom is -0.465 e. The van der Waals surface area contributed by atoms with Crippen molar-refractivity contribution in [3.05, 3.63) is 12.7 Å². The van der Waals surface area contributed by atoms with Gasteiger partial charge in [-0.2, -0.15) is 0 Å². The summed E-state index contributed by atoms with van der Waals surface area (Å²) in [5.74, 6) is -0.611. The smallest absolute Gasteiger partial charge is 0.465 e. The van der Waals surface area contributed by atoms with Gasteiger partial charge in [0.2, 0.25) is 0 Å². The third kappa shape index (κ3) is 10.5. The summed E-state index contributed by atoms with van der Waals surface area (Å²) in [6, 6.07) is 0. The van der Waals surface area contributed by atoms with Gasteiger partial charge in [-0.25, -0.2) is 19.7 Å². The Kier molecular flexibility index (Phi) is 11.9. The van der Waals surface area contributed by atoms with E-state index in [2.05, 4.69) is 19.7 Å². The highest BCUT2D eigenvalue weighted by molar-refractivity contribution is 7.38. The number of carbonyl (C=O) groups is 2. The Morgan fingerprint density at radius 1 is 1.21 bits per heavy atom. The summed E-state index contributed by atoms with van der Waals surface area (Å²) in [7, 11) is -2.12. The van der Waals surface area contributed by atoms with Crippen LogP contribution in [-0.4, -0.2) is 68.8 Å². The van der Waals surface area contributed by atoms with Crippen molar-refractivity contribution in [2.24, 2.45) is 5.73 Å². The molecule has 2 atom stereocenters. The molecule has 2 aromatic rings. The van der Waals surface area contributed by atoms with Gasteiger partial charge in [0.1, 0.15) is 17.4 Å². The van der Waals surface area contributed by atoms with Gasteiger partial charge in [0.25, 0.3) is 6.35 Å². The van der Waals surface area contributed by atoms with Crippen molar-refractivity contribution in [2.75, 3.05) is 25.3 Å². The molecule has 0 aliphatic rings. The minimum atomic E-state index is -2.12. The fourth-order valence-corrected chi connectivity index (χ4v) is 3.03. The van der Waals surface area contributed by atoms with Crippen molar-refractivity contribution in [1.29, 1.82) is 0 Å². The molecule has 0 radical (unpaired) electrons. The number of nitrogens with zero attached hydrogens (tertiary/aromatic N) is 4. The summed E-state index contributed by atoms with van der Waals surface area (Å²) in [6.07, 6.45) is 2.30. The van der Waals surface area contributed by atoms with Crippen LogP contribution < -0.4 is 11.5 Å². The zero-order chi connectivity index (χ0) is 25.9. The quantitative estimate of drug-likeness (QED) is 0.336. The molecule has 13 nitrogen and oxygen atoms in total. The van der Waals surface area contributed by atoms with Gasteiger partial charge < -0.3 is 30.2 Å². The number of hydrogen-bond donors (Lipinski definition) is 2. The van der Waals surface area contributed by atoms with Crippen molar-refractivity contribution in [2.45, 2.75) is 65.8 Å². The van der Waals surface area contributed by atoms with E-state index in [1.54, 1.807) is 45.5 Å². The third-order valence-electron chi connectivity index (χ3n) is 3.84. The molecule has 2 aromatic heterocycles. The lowest BCUT2D eigenvalue weighted by Gasteiger charge is -2.15. The first-order valence-corrected chi connectivity index (χ1v) is 12.0. The lowest BCUT2D eigenvalue weighted by atomic mass is 10.1. The monoisotopic (exact) mass is 501 g/mol. The Bertz CT molecular complexity index is 961. The number of nitrogens with two attached hydrogens (primary N) is 2. The molecular weight excluding hydrogens is 467 g/mol. The molecule has 2 heterocycles. The largest absolute Gasteiger partial charge is 0.537 e. The number of fused-ring (bicyclic) bond motifs is 1. The topological polar surface area (TPSA) is 184 Å². The molecular formula is C20H34N6O7P+. The number of rotatable bonds is 11. The molecule has 4 N–H and O–H groups in total. The molecule has 0 saturated heterocycles. The summed E-state index contributed by atoms with van der Waals surface area (Å²) in [6.45, 7) is 10.7. The van der Waals surface area contributed by atoms with Crippen molar-refractivity contribution in [1.82, 2.24) is 19.5 Å². The Hall–Kier alpha value is -2.73. The van der Waals surface area contributed by atoms with Crippen LogP contribution in [0.25, 0.3) is 11.2 Å². The zero-order valence-corrected chi connectivity index (χ0v) is 21.3. The highest BCUT2D eigenvalue weighted by atomic mass is 31.1. The molecule has 2 unspecified atom stereocenters. The second-order valence-corrected chi connectivity index (χ2v) is 9.20. The van der Waals surface area contributed by atoms with E-state index in [9.17, 15) is 14.2 Å². The van der Waals surface area contributed by atoms with Crippen molar-refractivity contribution < 1.29 is 32.9 Å². The summed E-state index contributed by atoms with van der Waals surface area (Å²) < 4.78 is 33.4. The number of esters is 2. The Morgan fingerprint density at radius 2 is 1.88 bits per heavy atom. The molecule has 0 aliphatic carbocycles. The lowest BCUT2D eigenvalue weighted by Crippen LogP contribution is -2.42. The van der Waals surface area contributed by atoms with E-state index in [1.165, 1.54) is 6.33 Å². The van der Waals surface area contributed by atoms with Gasteiger partial charge in [0, 0.05) is 0 Å². The maximum atomic E-state index is 11.7. The second-order valence-electron chi connectivity index (χ2n) is 8.02. The zero-order valence-electron chi connectivity index (χ0n) is 20.4. The van der Waals surface area contributed by atoms with Gasteiger partial charge in [-0.15, -0.1) is 4.52 Å². The molecule has 0 aromatic carbocycles. The van der Waals surface area contributed by atoms with E-state index >= 15 is 0 Å². The summed E-state index contributed by atoms with van der Waals surface area (Å²) in [4.78, 5) is 34.2. The molecule has 0 aliphatic heterocycles. The third-order valence-corrected chi connectivity index (χ3v) is 4.62. The average Bonchev–Trinajstić information content (AvgIpc) is 3.14. The molecule has 0 amide bonds. The van der Waals surface area contributed by atoms with Crippen LogP contribution in [0.2, 0.25) is 0 Å². The summed E-state index contributed by atoms with van der Waals surface area (Å²) in [5.41, 5.74) is 11.4. The van der Waals surface area contributed by atoms with E-state index < -0.39 is 19.5 Å². The number of nitrogen functional groups attached to an aromatic ring is 1. The first-order chi connectivity index (χ1) is 15.8. The van der Waals surface area contributed by atoms with Crippen molar-refractivity contribution in [3.8, 4) is 0 Å². The minimum absolute atomic E-state index is 0.130. The number of carbonyl (C=O) groups excluding carboxylic acids is 2. The average molecular weight is 502 g/mol. The number of hydrogen-bond acceptors (Lipinski definition) is 12. The Morgan fingerprint density at radius 3 is 2.44 bits per heavy atom. The number of imidazole rings is 1. The van der Waals surface area contributed by atoms with E-state index in [1.807, 2.05) is 6.92 Å². The van der Waals surface area contributed by atoms with Crippen LogP contribution in [0.4, 0.5) is 5.82 Å². The van der Waals surface area contributed by atoms with Gasteiger partial charge in [-0.1, -0.05) is 0 Å². The lowest BCUT2D eigenvalue weighted by molar-refractivity contribution is -0.150. The summed E-state index contributed by atoms with van der Waals surface area (Å²) >= 11 is 0. The SMILES string of the molecule is CC(C)OC(=O)CO[P+](=O)COC(C)Cn1cnc2c(N)ncnc21.CCOC(=O)C(C)(C)N. The number of aromatic nitrogens is 4. The maximum Gasteiger partial charge on any atom is 0.537 e. The molecule has 190 valence electrons. The molecule has 0 saturated carbocycles. The van der Waals surface area contributed by atoms with Gasteiger partial charge in [-0.05, 0) is 46.1 Å². The first kappa shape index (κ1) is 29.3. The van der Waals surface area contributed by atoms with Crippen molar-refractivity contribution in [3.63, 3.8) is 0 Å². The molecule has 14 heteroatoms. The standard InChI is InChI=1S/C14H21N5O5P.C6H13NO2/c1-9(2)24-11(20)5-23-25(21)8-22-10(3)4-19-7-18-12-13(15)16-6-17-14(12)19;1-4-9-5(8)6(2,3)7/h6-7,9-10H,4-5,8H2,1-3H3,(H2,15,16,17);4,7H2,1-3H3/q+1;. The van der Waals surface area contributed by atoms with Gasteiger partial charge in [0.05, 0.1) is 31.7 Å². The Balaban J connectivity index is 0.000000546. The van der Waals surface area contributed by atoms with Crippen LogP contribution >= 0.6 is 8.03 Å². The number of ether oxygens (including phenoxy) is 3. The van der Waals surface area contributed by atoms with E-state index in [-0.39, 0.29) is 31.1 Å². The highest BCUT2D eigenvalue weighted by Gasteiger charge is 2.23. The molecule has 34 heavy (non-hydrogen) atoms. The second kappa shape index (κ2) is 13.9. The maximum absolute atomic E-state index is 11.7. The fourth-order valence-electron chi connectivity index (χ4n) is 2.33. The van der Waals surface area contributed by atoms with Crippen LogP contribution in [-0.2, 0) is 39.4 Å². The van der Waals surface area contributed by atoms with Crippen LogP contribution in [0.1, 0.15) is 41.5 Å². The van der Waals surface area contributed by atoms with Crippen LogP contribution in [0.3, 0.4) is 0 Å². The molecule has 0 fully saturated rings. The number of anilines is 1. The van der Waals surface area contributed by atoms with Crippen molar-refractivity contribution >= 4 is 36.9 Å². The van der Waals surface area contributed by atoms with Crippen LogP contribution in [0, 0.1) is 0 Å². The molecule has 2 rings (SSSR count). The normalized spacial score (nSPS) is 12.6. The van der Waals surface area contributed by atoms with Crippen LogP contribution in [0.5, 0.6) is 0 Å². The predicted octanol–water partition coefficient (Wildman–Crippen LogP) is 1.77. The van der Waals surface area contributed by atoms with E-state index in [0.717, 1.165) is 0 Å². The van der Waals surface area contributed by atoms with Gasteiger partial charge >= 0.3 is 20.0 Å². The highest BCUT2D eigenvalue weighted by Crippen LogP contribution is 2.23. The van der Waals surface area contributed by atoms with Crippen LogP contribution in [0.15, 0.2) is 12.7 Å². The predicted molar refractivity (Wildman–Crippen MR) is 125 cm³/mol. The summed E-state index contributed by atoms with van der Waals surface area (Å²) in [5, 5.41) is 0. The van der Waals surface area contributed by atoms with E-state index in [0.29, 0.717) is 30.1 Å². The Labute approximate surface area is 199 Å². The molecule has 0 spiro atoms. The fraction of sp³-hybridized carbons (Fsp3) is 0.650. The first-order valence-electron chi connectivity index (χ1n) is 10.6. The van der Waals surface area contributed by atoms with E-state index in [4.69, 9.17) is 25.5 Å².